The van der Waals surface area contributed by atoms with Crippen molar-refractivity contribution in [3.8, 4) is 11.5 Å². The number of amides is 1. The number of thioether (sulfide) groups is 1. The lowest BCUT2D eigenvalue weighted by Crippen LogP contribution is -2.16. The first-order chi connectivity index (χ1) is 13.0. The number of nitrogens with zero attached hydrogens (tertiary/aromatic N) is 4. The van der Waals surface area contributed by atoms with E-state index in [9.17, 15) is 14.9 Å². The summed E-state index contributed by atoms with van der Waals surface area (Å²) in [7, 11) is 0. The van der Waals surface area contributed by atoms with E-state index in [1.807, 2.05) is 6.92 Å². The molecule has 0 fully saturated rings. The quantitative estimate of drug-likeness (QED) is 0.389. The van der Waals surface area contributed by atoms with Crippen LogP contribution in [0.5, 0.6) is 0 Å². The Hall–Kier alpha value is -3.27. The highest BCUT2D eigenvalue weighted by atomic mass is 32.2. The molecule has 0 spiro atoms. The van der Waals surface area contributed by atoms with Crippen LogP contribution in [0.4, 0.5) is 11.4 Å². The van der Waals surface area contributed by atoms with E-state index in [1.165, 1.54) is 6.07 Å². The molecule has 0 unspecified atom stereocenters. The number of nitro groups is 1. The number of anilines is 1. The molecule has 27 heavy (non-hydrogen) atoms. The number of aryl methyl sites for hydroxylation is 1. The third-order valence-electron chi connectivity index (χ3n) is 3.82. The third-order valence-corrected chi connectivity index (χ3v) is 4.64. The van der Waals surface area contributed by atoms with Crippen LogP contribution in [0.2, 0.25) is 0 Å². The normalized spacial score (nSPS) is 10.6. The minimum atomic E-state index is -0.520. The summed E-state index contributed by atoms with van der Waals surface area (Å²) >= 11 is 1.05. The van der Waals surface area contributed by atoms with Crippen molar-refractivity contribution in [1.29, 1.82) is 0 Å². The molecule has 10 heteroatoms. The number of rotatable bonds is 6. The lowest BCUT2D eigenvalue weighted by atomic mass is 10.1. The van der Waals surface area contributed by atoms with E-state index < -0.39 is 10.8 Å². The molecule has 0 saturated heterocycles. The fourth-order valence-electron chi connectivity index (χ4n) is 2.29. The molecule has 0 radical (unpaired) electrons. The highest BCUT2D eigenvalue weighted by Crippen LogP contribution is 2.30. The average molecular weight is 385 g/mol. The van der Waals surface area contributed by atoms with E-state index in [0.717, 1.165) is 17.3 Å². The van der Waals surface area contributed by atoms with Gasteiger partial charge in [-0.05, 0) is 37.1 Å². The van der Waals surface area contributed by atoms with E-state index in [1.54, 1.807) is 37.5 Å². The summed E-state index contributed by atoms with van der Waals surface area (Å²) in [5.74, 6) is -0.131. The van der Waals surface area contributed by atoms with Gasteiger partial charge < -0.3 is 9.73 Å². The second-order valence-electron chi connectivity index (χ2n) is 5.61. The van der Waals surface area contributed by atoms with Crippen LogP contribution in [0.15, 0.2) is 46.3 Å². The van der Waals surface area contributed by atoms with Crippen LogP contribution in [0.1, 0.15) is 11.1 Å². The molecule has 1 amide bonds. The molecule has 1 aromatic carbocycles. The van der Waals surface area contributed by atoms with Crippen molar-refractivity contribution >= 4 is 29.0 Å². The molecule has 1 N–H and O–H groups in total. The Morgan fingerprint density at radius 2 is 2.11 bits per heavy atom. The van der Waals surface area contributed by atoms with Gasteiger partial charge in [0.2, 0.25) is 11.8 Å². The monoisotopic (exact) mass is 385 g/mol. The number of nitrogens with one attached hydrogen (secondary N) is 1. The Morgan fingerprint density at radius 3 is 2.81 bits per heavy atom. The van der Waals surface area contributed by atoms with Gasteiger partial charge in [-0.25, -0.2) is 0 Å². The van der Waals surface area contributed by atoms with Crippen LogP contribution in [-0.4, -0.2) is 31.8 Å². The second-order valence-corrected chi connectivity index (χ2v) is 6.54. The fourth-order valence-corrected chi connectivity index (χ4v) is 2.85. The highest BCUT2D eigenvalue weighted by Gasteiger charge is 2.20. The molecular formula is C17H15N5O4S. The van der Waals surface area contributed by atoms with Crippen LogP contribution in [0.25, 0.3) is 11.5 Å². The smallest absolute Gasteiger partial charge is 0.293 e. The Morgan fingerprint density at radius 1 is 1.30 bits per heavy atom. The van der Waals surface area contributed by atoms with E-state index in [0.29, 0.717) is 17.0 Å². The van der Waals surface area contributed by atoms with Crippen molar-refractivity contribution in [2.75, 3.05) is 11.1 Å². The van der Waals surface area contributed by atoms with Crippen molar-refractivity contribution in [1.82, 2.24) is 15.2 Å². The molecule has 0 aliphatic carbocycles. The zero-order chi connectivity index (χ0) is 19.4. The third kappa shape index (κ3) is 4.29. The lowest BCUT2D eigenvalue weighted by molar-refractivity contribution is -0.384. The van der Waals surface area contributed by atoms with Crippen LogP contribution in [0.3, 0.4) is 0 Å². The van der Waals surface area contributed by atoms with E-state index >= 15 is 0 Å². The molecule has 9 nitrogen and oxygen atoms in total. The molecule has 3 aromatic rings. The number of hydrogen-bond donors (Lipinski definition) is 1. The minimum absolute atomic E-state index is 0.0286. The highest BCUT2D eigenvalue weighted by molar-refractivity contribution is 7.99. The summed E-state index contributed by atoms with van der Waals surface area (Å²) in [6, 6.07) is 6.55. The van der Waals surface area contributed by atoms with Crippen LogP contribution >= 0.6 is 11.8 Å². The van der Waals surface area contributed by atoms with Crippen LogP contribution in [-0.2, 0) is 4.79 Å². The standard InChI is InChI=1S/C17H15N5O4S/c1-10-5-6-13(22(24)25)15(11(10)2)19-14(23)9-27-17-21-20-16(26-17)12-4-3-7-18-8-12/h3-8H,9H2,1-2H3,(H,19,23). The molecule has 2 heterocycles. The number of aromatic nitrogens is 3. The van der Waals surface area contributed by atoms with Crippen molar-refractivity contribution in [3.63, 3.8) is 0 Å². The van der Waals surface area contributed by atoms with Gasteiger partial charge in [-0.15, -0.1) is 10.2 Å². The number of carbonyl (C=O) groups excluding carboxylic acids is 1. The first-order valence-electron chi connectivity index (χ1n) is 7.87. The van der Waals surface area contributed by atoms with E-state index in [-0.39, 0.29) is 22.4 Å². The molecule has 0 saturated carbocycles. The van der Waals surface area contributed by atoms with Gasteiger partial charge in [-0.2, -0.15) is 0 Å². The SMILES string of the molecule is Cc1ccc([N+](=O)[O-])c(NC(=O)CSc2nnc(-c3cccnc3)o2)c1C. The molecule has 0 bridgehead atoms. The largest absolute Gasteiger partial charge is 0.411 e. The number of hydrogen-bond acceptors (Lipinski definition) is 8. The maximum atomic E-state index is 12.2. The molecule has 2 aromatic heterocycles. The first-order valence-corrected chi connectivity index (χ1v) is 8.85. The van der Waals surface area contributed by atoms with Gasteiger partial charge >= 0.3 is 0 Å². The molecule has 0 aliphatic heterocycles. The topological polar surface area (TPSA) is 124 Å². The maximum Gasteiger partial charge on any atom is 0.293 e. The Balaban J connectivity index is 1.67. The summed E-state index contributed by atoms with van der Waals surface area (Å²) in [5, 5.41) is 21.8. The summed E-state index contributed by atoms with van der Waals surface area (Å²) in [5.41, 5.74) is 2.23. The second kappa shape index (κ2) is 7.96. The Bertz CT molecular complexity index is 990. The van der Waals surface area contributed by atoms with Gasteiger partial charge in [0.15, 0.2) is 0 Å². The zero-order valence-corrected chi connectivity index (χ0v) is 15.3. The van der Waals surface area contributed by atoms with Crippen LogP contribution < -0.4 is 5.32 Å². The zero-order valence-electron chi connectivity index (χ0n) is 14.5. The summed E-state index contributed by atoms with van der Waals surface area (Å²) in [6.07, 6.45) is 3.22. The Kier molecular flexibility index (Phi) is 5.46. The van der Waals surface area contributed by atoms with Crippen LogP contribution in [0, 0.1) is 24.0 Å². The summed E-state index contributed by atoms with van der Waals surface area (Å²) in [6.45, 7) is 3.55. The van der Waals surface area contributed by atoms with Crippen molar-refractivity contribution in [2.45, 2.75) is 19.1 Å². The van der Waals surface area contributed by atoms with E-state index in [2.05, 4.69) is 20.5 Å². The molecule has 0 atom stereocenters. The number of benzene rings is 1. The molecule has 138 valence electrons. The summed E-state index contributed by atoms with van der Waals surface area (Å²) < 4.78 is 5.49. The number of carbonyl (C=O) groups is 1. The van der Waals surface area contributed by atoms with Gasteiger partial charge in [-0.3, -0.25) is 19.9 Å². The van der Waals surface area contributed by atoms with Crippen molar-refractivity contribution in [3.05, 3.63) is 57.9 Å². The lowest BCUT2D eigenvalue weighted by Gasteiger charge is -2.10. The number of nitro benzene ring substituents is 1. The van der Waals surface area contributed by atoms with Gasteiger partial charge in [-0.1, -0.05) is 17.8 Å². The van der Waals surface area contributed by atoms with Gasteiger partial charge in [0, 0.05) is 18.5 Å². The first kappa shape index (κ1) is 18.5. The molecule has 0 aliphatic rings. The molecular weight excluding hydrogens is 370 g/mol. The average Bonchev–Trinajstić information content (AvgIpc) is 3.13. The minimum Gasteiger partial charge on any atom is -0.411 e. The van der Waals surface area contributed by atoms with E-state index in [4.69, 9.17) is 4.42 Å². The fraction of sp³-hybridized carbons (Fsp3) is 0.176. The number of pyridine rings is 1. The predicted molar refractivity (Wildman–Crippen MR) is 99.5 cm³/mol. The van der Waals surface area contributed by atoms with Gasteiger partial charge in [0.05, 0.1) is 16.2 Å². The van der Waals surface area contributed by atoms with Gasteiger partial charge in [0.1, 0.15) is 5.69 Å². The predicted octanol–water partition coefficient (Wildman–Crippen LogP) is 3.39. The van der Waals surface area contributed by atoms with Crippen molar-refractivity contribution < 1.29 is 14.1 Å². The van der Waals surface area contributed by atoms with Gasteiger partial charge in [0.25, 0.3) is 10.9 Å². The Labute approximate surface area is 158 Å². The summed E-state index contributed by atoms with van der Waals surface area (Å²) in [4.78, 5) is 26.9. The molecule has 3 rings (SSSR count). The maximum absolute atomic E-state index is 12.2. The van der Waals surface area contributed by atoms with Crippen molar-refractivity contribution in [2.24, 2.45) is 0 Å².